The Morgan fingerprint density at radius 1 is 1.00 bits per heavy atom. The van der Waals surface area contributed by atoms with Crippen LogP contribution < -0.4 is 9.80 Å². The molecular weight excluding hydrogens is 314 g/mol. The lowest BCUT2D eigenvalue weighted by atomic mass is 10.2. The molecule has 3 aromatic rings. The summed E-state index contributed by atoms with van der Waals surface area (Å²) in [6, 6.07) is 12.6. The molecule has 0 amide bonds. The molecule has 1 aliphatic rings. The standard InChI is InChI=1S/C19H19N5O/c1-13-3-6-17-16(11-13)22-19(25-17)24-9-7-23(8-10-24)18-15(12-20)5-4-14(2)21-18/h3-6,11H,7-10H2,1-2H3. The van der Waals surface area contributed by atoms with Crippen LogP contribution in [0.15, 0.2) is 34.7 Å². The van der Waals surface area contributed by atoms with Gasteiger partial charge in [0.1, 0.15) is 17.4 Å². The number of fused-ring (bicyclic) bond motifs is 1. The lowest BCUT2D eigenvalue weighted by molar-refractivity contribution is 0.540. The van der Waals surface area contributed by atoms with Crippen LogP contribution in [0.2, 0.25) is 0 Å². The molecule has 0 N–H and O–H groups in total. The maximum atomic E-state index is 9.32. The van der Waals surface area contributed by atoms with Gasteiger partial charge in [-0.1, -0.05) is 6.07 Å². The van der Waals surface area contributed by atoms with Gasteiger partial charge in [0.25, 0.3) is 6.01 Å². The Hall–Kier alpha value is -3.07. The summed E-state index contributed by atoms with van der Waals surface area (Å²) in [5, 5.41) is 9.32. The van der Waals surface area contributed by atoms with Gasteiger partial charge in [-0.15, -0.1) is 0 Å². The summed E-state index contributed by atoms with van der Waals surface area (Å²) >= 11 is 0. The molecule has 0 unspecified atom stereocenters. The first-order valence-electron chi connectivity index (χ1n) is 8.39. The van der Waals surface area contributed by atoms with Gasteiger partial charge in [-0.05, 0) is 43.7 Å². The third-order valence-electron chi connectivity index (χ3n) is 4.52. The monoisotopic (exact) mass is 333 g/mol. The SMILES string of the molecule is Cc1ccc2oc(N3CCN(c4nc(C)ccc4C#N)CC3)nc2c1. The Bertz CT molecular complexity index is 964. The van der Waals surface area contributed by atoms with E-state index in [9.17, 15) is 5.26 Å². The Labute approximate surface area is 146 Å². The molecule has 1 aromatic carbocycles. The fraction of sp³-hybridized carbons (Fsp3) is 0.316. The topological polar surface area (TPSA) is 69.2 Å². The number of aromatic nitrogens is 2. The van der Waals surface area contributed by atoms with Gasteiger partial charge in [0, 0.05) is 31.9 Å². The zero-order valence-corrected chi connectivity index (χ0v) is 14.4. The van der Waals surface area contributed by atoms with E-state index in [1.165, 1.54) is 5.56 Å². The summed E-state index contributed by atoms with van der Waals surface area (Å²) in [7, 11) is 0. The Balaban J connectivity index is 1.53. The number of nitrogens with zero attached hydrogens (tertiary/aromatic N) is 5. The molecule has 0 saturated carbocycles. The summed E-state index contributed by atoms with van der Waals surface area (Å²) < 4.78 is 5.90. The highest BCUT2D eigenvalue weighted by atomic mass is 16.4. The molecule has 4 rings (SSSR count). The van der Waals surface area contributed by atoms with Crippen molar-refractivity contribution in [2.75, 3.05) is 36.0 Å². The van der Waals surface area contributed by atoms with Gasteiger partial charge in [0.05, 0.1) is 5.56 Å². The molecular formula is C19H19N5O. The van der Waals surface area contributed by atoms with Crippen LogP contribution in [-0.2, 0) is 0 Å². The van der Waals surface area contributed by atoms with Crippen LogP contribution >= 0.6 is 0 Å². The molecule has 1 saturated heterocycles. The van der Waals surface area contributed by atoms with E-state index in [2.05, 4.69) is 25.8 Å². The van der Waals surface area contributed by atoms with E-state index < -0.39 is 0 Å². The summed E-state index contributed by atoms with van der Waals surface area (Å²) in [6.07, 6.45) is 0. The molecule has 1 aliphatic heterocycles. The zero-order valence-electron chi connectivity index (χ0n) is 14.4. The van der Waals surface area contributed by atoms with Gasteiger partial charge in [-0.3, -0.25) is 0 Å². The number of oxazole rings is 1. The van der Waals surface area contributed by atoms with Crippen molar-refractivity contribution in [2.45, 2.75) is 13.8 Å². The molecule has 126 valence electrons. The van der Waals surface area contributed by atoms with Crippen molar-refractivity contribution in [1.29, 1.82) is 5.26 Å². The highest BCUT2D eigenvalue weighted by Gasteiger charge is 2.23. The van der Waals surface area contributed by atoms with E-state index in [1.807, 2.05) is 44.2 Å². The second kappa shape index (κ2) is 6.10. The largest absolute Gasteiger partial charge is 0.423 e. The van der Waals surface area contributed by atoms with Crippen LogP contribution in [0.5, 0.6) is 0 Å². The molecule has 6 nitrogen and oxygen atoms in total. The first-order valence-corrected chi connectivity index (χ1v) is 8.39. The normalized spacial score (nSPS) is 14.8. The highest BCUT2D eigenvalue weighted by molar-refractivity contribution is 5.75. The van der Waals surface area contributed by atoms with Crippen LogP contribution in [0.25, 0.3) is 11.1 Å². The van der Waals surface area contributed by atoms with E-state index in [4.69, 9.17) is 4.42 Å². The minimum atomic E-state index is 0.622. The summed E-state index contributed by atoms with van der Waals surface area (Å²) in [6.45, 7) is 7.12. The van der Waals surface area contributed by atoms with Crippen molar-refractivity contribution < 1.29 is 4.42 Å². The molecule has 0 atom stereocenters. The Morgan fingerprint density at radius 2 is 1.76 bits per heavy atom. The fourth-order valence-electron chi connectivity index (χ4n) is 3.14. The number of aryl methyl sites for hydroxylation is 2. The third-order valence-corrected chi connectivity index (χ3v) is 4.52. The molecule has 0 spiro atoms. The van der Waals surface area contributed by atoms with Gasteiger partial charge in [-0.2, -0.15) is 10.2 Å². The van der Waals surface area contributed by atoms with Gasteiger partial charge in [0.15, 0.2) is 5.58 Å². The average molecular weight is 333 g/mol. The van der Waals surface area contributed by atoms with Crippen molar-refractivity contribution in [3.63, 3.8) is 0 Å². The lowest BCUT2D eigenvalue weighted by Crippen LogP contribution is -2.47. The van der Waals surface area contributed by atoms with Crippen LogP contribution in [-0.4, -0.2) is 36.1 Å². The quantitative estimate of drug-likeness (QED) is 0.718. The van der Waals surface area contributed by atoms with Crippen molar-refractivity contribution in [2.24, 2.45) is 0 Å². The van der Waals surface area contributed by atoms with Gasteiger partial charge >= 0.3 is 0 Å². The van der Waals surface area contributed by atoms with Crippen molar-refractivity contribution in [3.05, 3.63) is 47.2 Å². The van der Waals surface area contributed by atoms with Crippen LogP contribution in [0, 0.1) is 25.2 Å². The predicted molar refractivity (Wildman–Crippen MR) is 96.9 cm³/mol. The van der Waals surface area contributed by atoms with E-state index in [-0.39, 0.29) is 0 Å². The van der Waals surface area contributed by atoms with Crippen LogP contribution in [0.4, 0.5) is 11.8 Å². The second-order valence-electron chi connectivity index (χ2n) is 6.38. The van der Waals surface area contributed by atoms with Crippen molar-refractivity contribution in [1.82, 2.24) is 9.97 Å². The average Bonchev–Trinajstić information content (AvgIpc) is 3.05. The lowest BCUT2D eigenvalue weighted by Gasteiger charge is -2.34. The first-order chi connectivity index (χ1) is 12.1. The molecule has 6 heteroatoms. The predicted octanol–water partition coefficient (Wildman–Crippen LogP) is 3.04. The van der Waals surface area contributed by atoms with E-state index in [0.29, 0.717) is 11.6 Å². The Kier molecular flexibility index (Phi) is 3.77. The van der Waals surface area contributed by atoms with Crippen LogP contribution in [0.1, 0.15) is 16.8 Å². The third kappa shape index (κ3) is 2.89. The molecule has 1 fully saturated rings. The Morgan fingerprint density at radius 3 is 2.52 bits per heavy atom. The van der Waals surface area contributed by atoms with Crippen molar-refractivity contribution in [3.8, 4) is 6.07 Å². The van der Waals surface area contributed by atoms with Gasteiger partial charge < -0.3 is 14.2 Å². The summed E-state index contributed by atoms with van der Waals surface area (Å²) in [4.78, 5) is 13.5. The van der Waals surface area contributed by atoms with E-state index in [0.717, 1.165) is 48.8 Å². The van der Waals surface area contributed by atoms with Crippen LogP contribution in [0.3, 0.4) is 0 Å². The molecule has 0 bridgehead atoms. The number of rotatable bonds is 2. The number of nitriles is 1. The number of benzene rings is 1. The number of hydrogen-bond donors (Lipinski definition) is 0. The number of hydrogen-bond acceptors (Lipinski definition) is 6. The molecule has 25 heavy (non-hydrogen) atoms. The van der Waals surface area contributed by atoms with E-state index in [1.54, 1.807) is 0 Å². The zero-order chi connectivity index (χ0) is 17.4. The second-order valence-corrected chi connectivity index (χ2v) is 6.38. The molecule has 3 heterocycles. The van der Waals surface area contributed by atoms with E-state index >= 15 is 0 Å². The highest BCUT2D eigenvalue weighted by Crippen LogP contribution is 2.25. The number of pyridine rings is 1. The first kappa shape index (κ1) is 15.5. The van der Waals surface area contributed by atoms with Crippen molar-refractivity contribution >= 4 is 22.9 Å². The minimum absolute atomic E-state index is 0.622. The van der Waals surface area contributed by atoms with Gasteiger partial charge in [-0.25, -0.2) is 4.98 Å². The molecule has 0 radical (unpaired) electrons. The molecule has 2 aromatic heterocycles. The fourth-order valence-corrected chi connectivity index (χ4v) is 3.14. The summed E-state index contributed by atoms with van der Waals surface area (Å²) in [5.41, 5.74) is 4.42. The molecule has 0 aliphatic carbocycles. The number of anilines is 2. The maximum absolute atomic E-state index is 9.32. The minimum Gasteiger partial charge on any atom is -0.423 e. The smallest absolute Gasteiger partial charge is 0.298 e. The number of piperazine rings is 1. The summed E-state index contributed by atoms with van der Waals surface area (Å²) in [5.74, 6) is 0.773. The van der Waals surface area contributed by atoms with Gasteiger partial charge in [0.2, 0.25) is 0 Å². The maximum Gasteiger partial charge on any atom is 0.298 e.